The summed E-state index contributed by atoms with van der Waals surface area (Å²) >= 11 is 7.15. The number of furan rings is 1. The molecular formula is C13H13Br2NO2. The third-order valence-electron chi connectivity index (χ3n) is 3.32. The summed E-state index contributed by atoms with van der Waals surface area (Å²) in [4.78, 5) is 0. The van der Waals surface area contributed by atoms with Gasteiger partial charge in [0.1, 0.15) is 17.1 Å². The van der Waals surface area contributed by atoms with Crippen LogP contribution < -0.4 is 10.5 Å². The molecule has 1 saturated carbocycles. The summed E-state index contributed by atoms with van der Waals surface area (Å²) < 4.78 is 13.1. The van der Waals surface area contributed by atoms with Gasteiger partial charge in [0.2, 0.25) is 0 Å². The molecule has 96 valence electrons. The highest BCUT2D eigenvalue weighted by Gasteiger charge is 2.32. The second kappa shape index (κ2) is 4.54. The third kappa shape index (κ3) is 1.80. The van der Waals surface area contributed by atoms with E-state index >= 15 is 0 Å². The highest BCUT2D eigenvalue weighted by Crippen LogP contribution is 2.50. The van der Waals surface area contributed by atoms with Crippen LogP contribution in [-0.4, -0.2) is 7.11 Å². The number of fused-ring (bicyclic) bond motifs is 1. The van der Waals surface area contributed by atoms with Crippen molar-refractivity contribution in [1.82, 2.24) is 0 Å². The van der Waals surface area contributed by atoms with Crippen molar-refractivity contribution in [3.63, 3.8) is 0 Å². The van der Waals surface area contributed by atoms with Crippen molar-refractivity contribution in [1.29, 1.82) is 0 Å². The lowest BCUT2D eigenvalue weighted by molar-refractivity contribution is 0.412. The Hall–Kier alpha value is -0.520. The summed E-state index contributed by atoms with van der Waals surface area (Å²) in [6, 6.07) is 1.91. The Balaban J connectivity index is 2.38. The van der Waals surface area contributed by atoms with Crippen molar-refractivity contribution in [3.05, 3.63) is 26.3 Å². The second-order valence-corrected chi connectivity index (χ2v) is 6.14. The molecule has 18 heavy (non-hydrogen) atoms. The van der Waals surface area contributed by atoms with Crippen molar-refractivity contribution in [2.24, 2.45) is 5.73 Å². The van der Waals surface area contributed by atoms with E-state index in [1.54, 1.807) is 7.11 Å². The number of hydrogen-bond acceptors (Lipinski definition) is 3. The molecular weight excluding hydrogens is 362 g/mol. The van der Waals surface area contributed by atoms with Crippen molar-refractivity contribution in [2.45, 2.75) is 25.3 Å². The van der Waals surface area contributed by atoms with E-state index in [0.717, 1.165) is 31.4 Å². The van der Waals surface area contributed by atoms with E-state index in [1.165, 1.54) is 18.4 Å². The number of ether oxygens (including phenoxy) is 1. The smallest absolute Gasteiger partial charge is 0.150 e. The summed E-state index contributed by atoms with van der Waals surface area (Å²) in [7, 11) is 1.67. The van der Waals surface area contributed by atoms with Gasteiger partial charge in [0.25, 0.3) is 0 Å². The number of benzene rings is 1. The molecule has 1 aromatic carbocycles. The van der Waals surface area contributed by atoms with E-state index in [-0.39, 0.29) is 0 Å². The third-order valence-corrected chi connectivity index (χ3v) is 4.70. The first-order valence-electron chi connectivity index (χ1n) is 5.84. The maximum absolute atomic E-state index is 5.90. The van der Waals surface area contributed by atoms with Crippen LogP contribution in [0.15, 0.2) is 19.4 Å². The Kier molecular flexibility index (Phi) is 3.16. The van der Waals surface area contributed by atoms with Crippen LogP contribution in [0.3, 0.4) is 0 Å². The van der Waals surface area contributed by atoms with Crippen LogP contribution in [0.5, 0.6) is 5.75 Å². The molecule has 2 aromatic rings. The molecule has 1 heterocycles. The molecule has 0 amide bonds. The van der Waals surface area contributed by atoms with Crippen LogP contribution in [-0.2, 0) is 6.54 Å². The first-order chi connectivity index (χ1) is 8.67. The summed E-state index contributed by atoms with van der Waals surface area (Å²) in [5.41, 5.74) is 7.90. The fourth-order valence-electron chi connectivity index (χ4n) is 2.35. The first-order valence-corrected chi connectivity index (χ1v) is 7.43. The molecule has 0 aliphatic heterocycles. The summed E-state index contributed by atoms with van der Waals surface area (Å²) in [6.45, 7) is 0.432. The number of nitrogens with two attached hydrogens (primary N) is 1. The lowest BCUT2D eigenvalue weighted by Crippen LogP contribution is -1.97. The van der Waals surface area contributed by atoms with Gasteiger partial charge in [0.05, 0.1) is 22.6 Å². The number of halogens is 2. The number of methoxy groups -OCH3 is 1. The second-order valence-electron chi connectivity index (χ2n) is 4.50. The zero-order valence-corrected chi connectivity index (χ0v) is 13.1. The zero-order chi connectivity index (χ0) is 12.9. The highest BCUT2D eigenvalue weighted by molar-refractivity contribution is 9.11. The lowest BCUT2D eigenvalue weighted by atomic mass is 10.1. The average Bonchev–Trinajstić information content (AvgIpc) is 3.13. The van der Waals surface area contributed by atoms with Crippen LogP contribution in [0.2, 0.25) is 0 Å². The Labute approximate surface area is 122 Å². The minimum atomic E-state index is 0.432. The van der Waals surface area contributed by atoms with Crippen LogP contribution in [0.25, 0.3) is 11.0 Å². The summed E-state index contributed by atoms with van der Waals surface area (Å²) in [5, 5.41) is 1.10. The molecule has 1 aliphatic carbocycles. The molecule has 0 atom stereocenters. The molecule has 3 nitrogen and oxygen atoms in total. The lowest BCUT2D eigenvalue weighted by Gasteiger charge is -2.06. The summed E-state index contributed by atoms with van der Waals surface area (Å²) in [5.74, 6) is 2.28. The van der Waals surface area contributed by atoms with Crippen LogP contribution >= 0.6 is 31.9 Å². The van der Waals surface area contributed by atoms with E-state index < -0.39 is 0 Å². The average molecular weight is 375 g/mol. The van der Waals surface area contributed by atoms with Gasteiger partial charge >= 0.3 is 0 Å². The fourth-order valence-corrected chi connectivity index (χ4v) is 3.51. The SMILES string of the molecule is COc1cc(Br)c2oc(CN)c(C3CC3)c2c1Br. The van der Waals surface area contributed by atoms with Crippen LogP contribution in [0, 0.1) is 0 Å². The molecule has 0 unspecified atom stereocenters. The molecule has 0 spiro atoms. The van der Waals surface area contributed by atoms with Gasteiger partial charge in [-0.3, -0.25) is 0 Å². The van der Waals surface area contributed by atoms with Gasteiger partial charge in [-0.1, -0.05) is 0 Å². The predicted molar refractivity (Wildman–Crippen MR) is 78.0 cm³/mol. The summed E-state index contributed by atoms with van der Waals surface area (Å²) in [6.07, 6.45) is 2.42. The zero-order valence-electron chi connectivity index (χ0n) is 9.93. The molecule has 0 saturated heterocycles. The highest BCUT2D eigenvalue weighted by atomic mass is 79.9. The van der Waals surface area contributed by atoms with E-state index in [0.29, 0.717) is 12.5 Å². The van der Waals surface area contributed by atoms with Crippen LogP contribution in [0.1, 0.15) is 30.1 Å². The number of hydrogen-bond donors (Lipinski definition) is 1. The van der Waals surface area contributed by atoms with Gasteiger partial charge in [0, 0.05) is 10.9 Å². The standard InChI is InChI=1S/C13H13Br2NO2/c1-17-8-4-7(14)13-11(12(8)15)10(6-2-3-6)9(5-16)18-13/h4,6H,2-3,5,16H2,1H3. The minimum Gasteiger partial charge on any atom is -0.496 e. The monoisotopic (exact) mass is 373 g/mol. The van der Waals surface area contributed by atoms with Gasteiger partial charge in [-0.25, -0.2) is 0 Å². The molecule has 3 rings (SSSR count). The minimum absolute atomic E-state index is 0.432. The van der Waals surface area contributed by atoms with Gasteiger partial charge < -0.3 is 14.9 Å². The molecule has 0 radical (unpaired) electrons. The van der Waals surface area contributed by atoms with Crippen molar-refractivity contribution in [2.75, 3.05) is 7.11 Å². The topological polar surface area (TPSA) is 48.4 Å². The van der Waals surface area contributed by atoms with Gasteiger partial charge in [-0.05, 0) is 56.7 Å². The quantitative estimate of drug-likeness (QED) is 0.871. The first kappa shape index (κ1) is 12.5. The Morgan fingerprint density at radius 3 is 2.72 bits per heavy atom. The fraction of sp³-hybridized carbons (Fsp3) is 0.385. The van der Waals surface area contributed by atoms with E-state index in [1.807, 2.05) is 6.07 Å². The van der Waals surface area contributed by atoms with Crippen molar-refractivity contribution >= 4 is 42.8 Å². The maximum Gasteiger partial charge on any atom is 0.150 e. The van der Waals surface area contributed by atoms with Gasteiger partial charge in [0.15, 0.2) is 0 Å². The predicted octanol–water partition coefficient (Wildman–Crippen LogP) is 4.30. The normalized spacial score (nSPS) is 15.3. The van der Waals surface area contributed by atoms with Gasteiger partial charge in [-0.2, -0.15) is 0 Å². The van der Waals surface area contributed by atoms with E-state index in [4.69, 9.17) is 14.9 Å². The largest absolute Gasteiger partial charge is 0.496 e. The van der Waals surface area contributed by atoms with Crippen molar-refractivity contribution < 1.29 is 9.15 Å². The molecule has 1 aromatic heterocycles. The maximum atomic E-state index is 5.90. The van der Waals surface area contributed by atoms with Crippen LogP contribution in [0.4, 0.5) is 0 Å². The Bertz CT molecular complexity index is 617. The molecule has 0 bridgehead atoms. The molecule has 5 heteroatoms. The van der Waals surface area contributed by atoms with Crippen molar-refractivity contribution in [3.8, 4) is 5.75 Å². The Morgan fingerprint density at radius 2 is 2.17 bits per heavy atom. The molecule has 2 N–H and O–H groups in total. The molecule has 1 aliphatic rings. The molecule has 1 fully saturated rings. The van der Waals surface area contributed by atoms with E-state index in [2.05, 4.69) is 31.9 Å². The Morgan fingerprint density at radius 1 is 1.44 bits per heavy atom. The number of rotatable bonds is 3. The van der Waals surface area contributed by atoms with Gasteiger partial charge in [-0.15, -0.1) is 0 Å². The van der Waals surface area contributed by atoms with E-state index in [9.17, 15) is 0 Å².